The maximum absolute atomic E-state index is 12.4. The average Bonchev–Trinajstić information content (AvgIpc) is 2.86. The molecule has 0 radical (unpaired) electrons. The molecule has 1 aliphatic rings. The molecule has 0 aliphatic carbocycles. The number of hydrogen-bond acceptors (Lipinski definition) is 4. The monoisotopic (exact) mass is 343 g/mol. The Morgan fingerprint density at radius 3 is 2.95 bits per heavy atom. The number of carbonyl (C=O) groups excluding carboxylic acids is 1. The topological polar surface area (TPSA) is 67.8 Å². The van der Waals surface area contributed by atoms with Gasteiger partial charge in [0.1, 0.15) is 5.75 Å². The number of benzene rings is 1. The van der Waals surface area contributed by atoms with Gasteiger partial charge in [0.2, 0.25) is 0 Å². The molecule has 0 spiro atoms. The van der Waals surface area contributed by atoms with Crippen LogP contribution >= 0.6 is 15.9 Å². The molecule has 1 aromatic rings. The lowest BCUT2D eigenvalue weighted by molar-refractivity contribution is 0.0850. The standard InChI is InChI=1S/C14H18BrNO4/c1-19-12-7-10(6-11(15)8-12)13(18)16-14(2-4-17)3-5-20-9-14/h6-8,17H,2-5,9H2,1H3,(H,16,18). The van der Waals surface area contributed by atoms with Gasteiger partial charge in [0, 0.05) is 23.2 Å². The Balaban J connectivity index is 2.16. The fourth-order valence-corrected chi connectivity index (χ4v) is 2.78. The highest BCUT2D eigenvalue weighted by molar-refractivity contribution is 9.10. The number of aliphatic hydroxyl groups excluding tert-OH is 1. The van der Waals surface area contributed by atoms with Gasteiger partial charge in [0.05, 0.1) is 19.3 Å². The normalized spacial score (nSPS) is 21.8. The highest BCUT2D eigenvalue weighted by Crippen LogP contribution is 2.25. The van der Waals surface area contributed by atoms with Crippen molar-refractivity contribution in [1.29, 1.82) is 0 Å². The Labute approximate surface area is 126 Å². The van der Waals surface area contributed by atoms with Crippen molar-refractivity contribution in [3.05, 3.63) is 28.2 Å². The molecule has 6 heteroatoms. The van der Waals surface area contributed by atoms with E-state index in [1.165, 1.54) is 0 Å². The van der Waals surface area contributed by atoms with Crippen molar-refractivity contribution in [3.8, 4) is 5.75 Å². The van der Waals surface area contributed by atoms with Crippen molar-refractivity contribution in [2.45, 2.75) is 18.4 Å². The van der Waals surface area contributed by atoms with Gasteiger partial charge in [-0.1, -0.05) is 15.9 Å². The number of rotatable bonds is 5. The van der Waals surface area contributed by atoms with Crippen molar-refractivity contribution in [2.75, 3.05) is 26.9 Å². The molecule has 110 valence electrons. The summed E-state index contributed by atoms with van der Waals surface area (Å²) in [5.74, 6) is 0.423. The molecule has 0 bridgehead atoms. The molecule has 1 fully saturated rings. The van der Waals surface area contributed by atoms with Gasteiger partial charge in [-0.05, 0) is 31.0 Å². The lowest BCUT2D eigenvalue weighted by atomic mass is 9.94. The highest BCUT2D eigenvalue weighted by atomic mass is 79.9. The number of carbonyl (C=O) groups is 1. The summed E-state index contributed by atoms with van der Waals surface area (Å²) in [6, 6.07) is 5.21. The number of hydrogen-bond donors (Lipinski definition) is 2. The van der Waals surface area contributed by atoms with Gasteiger partial charge in [-0.3, -0.25) is 4.79 Å². The van der Waals surface area contributed by atoms with E-state index in [0.29, 0.717) is 37.4 Å². The van der Waals surface area contributed by atoms with Crippen LogP contribution in [0.5, 0.6) is 5.75 Å². The van der Waals surface area contributed by atoms with E-state index < -0.39 is 5.54 Å². The van der Waals surface area contributed by atoms with Gasteiger partial charge in [-0.15, -0.1) is 0 Å². The number of aliphatic hydroxyl groups is 1. The lowest BCUT2D eigenvalue weighted by Gasteiger charge is -2.28. The third-order valence-corrected chi connectivity index (χ3v) is 3.90. The summed E-state index contributed by atoms with van der Waals surface area (Å²) in [4.78, 5) is 12.4. The second-order valence-corrected chi connectivity index (χ2v) is 5.81. The number of amides is 1. The highest BCUT2D eigenvalue weighted by Gasteiger charge is 2.36. The Bertz CT molecular complexity index is 486. The van der Waals surface area contributed by atoms with E-state index in [9.17, 15) is 4.79 Å². The smallest absolute Gasteiger partial charge is 0.251 e. The predicted octanol–water partition coefficient (Wildman–Crippen LogP) is 1.73. The van der Waals surface area contributed by atoms with E-state index in [-0.39, 0.29) is 12.5 Å². The summed E-state index contributed by atoms with van der Waals surface area (Å²) in [6.45, 7) is 1.05. The molecule has 1 unspecified atom stereocenters. The molecule has 0 saturated carbocycles. The van der Waals surface area contributed by atoms with Crippen LogP contribution in [0, 0.1) is 0 Å². The van der Waals surface area contributed by atoms with Crippen molar-refractivity contribution in [2.24, 2.45) is 0 Å². The zero-order valence-corrected chi connectivity index (χ0v) is 12.9. The first-order chi connectivity index (χ1) is 9.58. The zero-order chi connectivity index (χ0) is 14.6. The van der Waals surface area contributed by atoms with Crippen LogP contribution in [-0.2, 0) is 4.74 Å². The third kappa shape index (κ3) is 3.50. The average molecular weight is 344 g/mol. The van der Waals surface area contributed by atoms with E-state index in [1.807, 2.05) is 0 Å². The zero-order valence-electron chi connectivity index (χ0n) is 11.3. The molecule has 2 N–H and O–H groups in total. The molecular formula is C14H18BrNO4. The molecule has 1 amide bonds. The molecule has 1 saturated heterocycles. The largest absolute Gasteiger partial charge is 0.497 e. The SMILES string of the molecule is COc1cc(Br)cc(C(=O)NC2(CCO)CCOC2)c1. The molecule has 1 aliphatic heterocycles. The van der Waals surface area contributed by atoms with E-state index in [0.717, 1.165) is 4.47 Å². The predicted molar refractivity (Wildman–Crippen MR) is 78.0 cm³/mol. The number of ether oxygens (including phenoxy) is 2. The summed E-state index contributed by atoms with van der Waals surface area (Å²) in [5, 5.41) is 12.2. The van der Waals surface area contributed by atoms with E-state index in [4.69, 9.17) is 14.6 Å². The van der Waals surface area contributed by atoms with Crippen LogP contribution in [0.25, 0.3) is 0 Å². The van der Waals surface area contributed by atoms with Crippen LogP contribution in [0.4, 0.5) is 0 Å². The van der Waals surface area contributed by atoms with Gasteiger partial charge in [0.15, 0.2) is 0 Å². The molecule has 2 rings (SSSR count). The molecule has 1 aromatic carbocycles. The molecule has 20 heavy (non-hydrogen) atoms. The van der Waals surface area contributed by atoms with Gasteiger partial charge in [0.25, 0.3) is 5.91 Å². The Kier molecular flexibility index (Phi) is 5.01. The summed E-state index contributed by atoms with van der Waals surface area (Å²) in [6.07, 6.45) is 1.20. The van der Waals surface area contributed by atoms with E-state index in [1.54, 1.807) is 25.3 Å². The fourth-order valence-electron chi connectivity index (χ4n) is 2.30. The first kappa shape index (κ1) is 15.3. The number of nitrogens with one attached hydrogen (secondary N) is 1. The van der Waals surface area contributed by atoms with Gasteiger partial charge >= 0.3 is 0 Å². The van der Waals surface area contributed by atoms with Gasteiger partial charge < -0.3 is 19.9 Å². The van der Waals surface area contributed by atoms with Crippen LogP contribution in [-0.4, -0.2) is 43.5 Å². The Morgan fingerprint density at radius 2 is 2.35 bits per heavy atom. The molecule has 1 atom stereocenters. The first-order valence-corrected chi connectivity index (χ1v) is 7.23. The van der Waals surface area contributed by atoms with Crippen LogP contribution in [0.15, 0.2) is 22.7 Å². The Morgan fingerprint density at radius 1 is 1.55 bits per heavy atom. The quantitative estimate of drug-likeness (QED) is 0.854. The fraction of sp³-hybridized carbons (Fsp3) is 0.500. The maximum Gasteiger partial charge on any atom is 0.251 e. The minimum Gasteiger partial charge on any atom is -0.497 e. The Hall–Kier alpha value is -1.11. The molecule has 1 heterocycles. The van der Waals surface area contributed by atoms with Crippen molar-refractivity contribution < 1.29 is 19.4 Å². The van der Waals surface area contributed by atoms with E-state index in [2.05, 4.69) is 21.2 Å². The van der Waals surface area contributed by atoms with Crippen LogP contribution < -0.4 is 10.1 Å². The van der Waals surface area contributed by atoms with Crippen molar-refractivity contribution in [3.63, 3.8) is 0 Å². The second-order valence-electron chi connectivity index (χ2n) is 4.89. The van der Waals surface area contributed by atoms with Crippen LogP contribution in [0.3, 0.4) is 0 Å². The molecular weight excluding hydrogens is 326 g/mol. The minimum atomic E-state index is -0.471. The molecule has 0 aromatic heterocycles. The lowest BCUT2D eigenvalue weighted by Crippen LogP contribution is -2.49. The van der Waals surface area contributed by atoms with Gasteiger partial charge in [-0.25, -0.2) is 0 Å². The first-order valence-electron chi connectivity index (χ1n) is 6.44. The summed E-state index contributed by atoms with van der Waals surface area (Å²) < 4.78 is 11.3. The van der Waals surface area contributed by atoms with Crippen LogP contribution in [0.2, 0.25) is 0 Å². The second kappa shape index (κ2) is 6.56. The maximum atomic E-state index is 12.4. The summed E-state index contributed by atoms with van der Waals surface area (Å²) in [5.41, 5.74) is 0.0434. The summed E-state index contributed by atoms with van der Waals surface area (Å²) >= 11 is 3.35. The third-order valence-electron chi connectivity index (χ3n) is 3.44. The number of halogens is 1. The molecule has 5 nitrogen and oxygen atoms in total. The van der Waals surface area contributed by atoms with Crippen LogP contribution in [0.1, 0.15) is 23.2 Å². The van der Waals surface area contributed by atoms with E-state index >= 15 is 0 Å². The van der Waals surface area contributed by atoms with Crippen molar-refractivity contribution >= 4 is 21.8 Å². The summed E-state index contributed by atoms with van der Waals surface area (Å²) in [7, 11) is 1.56. The minimum absolute atomic E-state index is 0.0193. The van der Waals surface area contributed by atoms with Gasteiger partial charge in [-0.2, -0.15) is 0 Å². The number of methoxy groups -OCH3 is 1. The van der Waals surface area contributed by atoms with Crippen molar-refractivity contribution in [1.82, 2.24) is 5.32 Å².